The molecule has 0 aliphatic carbocycles. The molecular weight excluding hydrogens is 314 g/mol. The molecule has 0 unspecified atom stereocenters. The van der Waals surface area contributed by atoms with Gasteiger partial charge in [-0.25, -0.2) is 0 Å². The van der Waals surface area contributed by atoms with Crippen LogP contribution in [0.3, 0.4) is 0 Å². The van der Waals surface area contributed by atoms with Gasteiger partial charge in [0.2, 0.25) is 0 Å². The van der Waals surface area contributed by atoms with Gasteiger partial charge in [-0.05, 0) is 18.2 Å². The van der Waals surface area contributed by atoms with E-state index in [2.05, 4.69) is 26.2 Å². The molecule has 3 rings (SSSR count). The highest BCUT2D eigenvalue weighted by atomic mass is 79.9. The zero-order valence-electron chi connectivity index (χ0n) is 8.95. The first-order valence-electron chi connectivity index (χ1n) is 5.09. The van der Waals surface area contributed by atoms with Crippen LogP contribution in [0.25, 0.3) is 0 Å². The maximum atomic E-state index is 11.6. The van der Waals surface area contributed by atoms with Crippen LogP contribution in [0, 0.1) is 11.3 Å². The van der Waals surface area contributed by atoms with E-state index < -0.39 is 0 Å². The van der Waals surface area contributed by atoms with Crippen LogP contribution in [0.1, 0.15) is 5.56 Å². The standard InChI is InChI=1S/C12H6BrN3OS/c13-6-1-2-8-9(3-6)18-10-5-15-12(17)7(4-14)11(10)16-8/h1-3,5,16H,(H,15,17). The number of fused-ring (bicyclic) bond motifs is 2. The summed E-state index contributed by atoms with van der Waals surface area (Å²) in [5.41, 5.74) is 1.23. The van der Waals surface area contributed by atoms with E-state index in [0.29, 0.717) is 5.69 Å². The molecule has 1 aromatic carbocycles. The van der Waals surface area contributed by atoms with E-state index in [4.69, 9.17) is 5.26 Å². The fourth-order valence-electron chi connectivity index (χ4n) is 1.76. The molecule has 0 fully saturated rings. The summed E-state index contributed by atoms with van der Waals surface area (Å²) < 4.78 is 0.990. The van der Waals surface area contributed by atoms with Crippen LogP contribution in [0.15, 0.2) is 43.5 Å². The lowest BCUT2D eigenvalue weighted by Gasteiger charge is -2.21. The highest BCUT2D eigenvalue weighted by Crippen LogP contribution is 2.45. The first-order valence-corrected chi connectivity index (χ1v) is 6.70. The number of aromatic nitrogens is 1. The molecule has 88 valence electrons. The van der Waals surface area contributed by atoms with Gasteiger partial charge in [-0.1, -0.05) is 27.7 Å². The van der Waals surface area contributed by atoms with Crippen LogP contribution in [0.5, 0.6) is 0 Å². The van der Waals surface area contributed by atoms with Gasteiger partial charge in [-0.15, -0.1) is 0 Å². The van der Waals surface area contributed by atoms with Gasteiger partial charge in [0.15, 0.2) is 0 Å². The number of pyridine rings is 1. The fraction of sp³-hybridized carbons (Fsp3) is 0. The summed E-state index contributed by atoms with van der Waals surface area (Å²) in [6.45, 7) is 0. The Morgan fingerprint density at radius 2 is 2.17 bits per heavy atom. The Kier molecular flexibility index (Phi) is 2.65. The summed E-state index contributed by atoms with van der Waals surface area (Å²) in [7, 11) is 0. The molecule has 18 heavy (non-hydrogen) atoms. The number of aromatic amines is 1. The lowest BCUT2D eigenvalue weighted by atomic mass is 10.2. The number of nitrogens with zero attached hydrogens (tertiary/aromatic N) is 1. The van der Waals surface area contributed by atoms with Gasteiger partial charge in [0.25, 0.3) is 5.56 Å². The first kappa shape index (κ1) is 11.4. The Hall–Kier alpha value is -1.71. The lowest BCUT2D eigenvalue weighted by molar-refractivity contribution is 1.14. The molecule has 2 heterocycles. The van der Waals surface area contributed by atoms with Gasteiger partial charge >= 0.3 is 0 Å². The van der Waals surface area contributed by atoms with Gasteiger partial charge in [-0.3, -0.25) is 4.79 Å². The van der Waals surface area contributed by atoms with Crippen LogP contribution in [-0.2, 0) is 0 Å². The van der Waals surface area contributed by atoms with E-state index in [0.717, 1.165) is 20.0 Å². The predicted octanol–water partition coefficient (Wildman–Crippen LogP) is 3.22. The summed E-state index contributed by atoms with van der Waals surface area (Å²) in [6, 6.07) is 7.76. The average molecular weight is 320 g/mol. The summed E-state index contributed by atoms with van der Waals surface area (Å²) in [6.07, 6.45) is 1.63. The van der Waals surface area contributed by atoms with E-state index in [9.17, 15) is 4.79 Å². The molecule has 1 aliphatic rings. The molecule has 0 amide bonds. The number of hydrogen-bond acceptors (Lipinski definition) is 4. The number of halogens is 1. The second-order valence-corrected chi connectivity index (χ2v) is 5.71. The molecule has 2 aromatic rings. The molecule has 6 heteroatoms. The van der Waals surface area contributed by atoms with E-state index >= 15 is 0 Å². The Morgan fingerprint density at radius 3 is 2.94 bits per heavy atom. The smallest absolute Gasteiger partial charge is 0.268 e. The lowest BCUT2D eigenvalue weighted by Crippen LogP contribution is -2.14. The SMILES string of the molecule is N#Cc1c2c(c[nH]c1=O)Sc1cc(Br)ccc1N2. The fourth-order valence-corrected chi connectivity index (χ4v) is 3.30. The van der Waals surface area contributed by atoms with Crippen LogP contribution in [0.4, 0.5) is 11.4 Å². The topological polar surface area (TPSA) is 68.7 Å². The number of hydrogen-bond donors (Lipinski definition) is 2. The largest absolute Gasteiger partial charge is 0.352 e. The molecule has 0 radical (unpaired) electrons. The minimum Gasteiger partial charge on any atom is -0.352 e. The van der Waals surface area contributed by atoms with Gasteiger partial charge in [0.1, 0.15) is 11.6 Å². The number of nitrogens with one attached hydrogen (secondary N) is 2. The van der Waals surface area contributed by atoms with Crippen molar-refractivity contribution in [3.63, 3.8) is 0 Å². The highest BCUT2D eigenvalue weighted by Gasteiger charge is 2.20. The maximum absolute atomic E-state index is 11.6. The molecule has 1 aliphatic heterocycles. The van der Waals surface area contributed by atoms with Crippen molar-refractivity contribution >= 4 is 39.1 Å². The molecule has 0 spiro atoms. The van der Waals surface area contributed by atoms with Crippen molar-refractivity contribution < 1.29 is 0 Å². The zero-order chi connectivity index (χ0) is 12.7. The minimum absolute atomic E-state index is 0.119. The molecule has 1 aromatic heterocycles. The molecule has 0 saturated heterocycles. The molecule has 0 atom stereocenters. The van der Waals surface area contributed by atoms with Crippen molar-refractivity contribution in [2.45, 2.75) is 9.79 Å². The summed E-state index contributed by atoms with van der Waals surface area (Å²) >= 11 is 4.94. The van der Waals surface area contributed by atoms with E-state index in [-0.39, 0.29) is 11.1 Å². The van der Waals surface area contributed by atoms with Gasteiger partial charge in [-0.2, -0.15) is 5.26 Å². The third-order valence-electron chi connectivity index (χ3n) is 2.59. The van der Waals surface area contributed by atoms with Crippen molar-refractivity contribution in [2.75, 3.05) is 5.32 Å². The summed E-state index contributed by atoms with van der Waals surface area (Å²) in [5, 5.41) is 12.2. The van der Waals surface area contributed by atoms with E-state index in [1.807, 2.05) is 24.3 Å². The second-order valence-electron chi connectivity index (χ2n) is 3.71. The Morgan fingerprint density at radius 1 is 1.33 bits per heavy atom. The zero-order valence-corrected chi connectivity index (χ0v) is 11.4. The molecule has 0 saturated carbocycles. The van der Waals surface area contributed by atoms with Crippen molar-refractivity contribution in [3.05, 3.63) is 44.8 Å². The molecular formula is C12H6BrN3OS. The second kappa shape index (κ2) is 4.19. The molecule has 2 N–H and O–H groups in total. The number of rotatable bonds is 0. The number of nitriles is 1. The Labute approximate surface area is 115 Å². The summed E-state index contributed by atoms with van der Waals surface area (Å²) in [4.78, 5) is 16.0. The van der Waals surface area contributed by atoms with E-state index in [1.54, 1.807) is 6.20 Å². The van der Waals surface area contributed by atoms with Gasteiger partial charge in [0.05, 0.1) is 16.3 Å². The predicted molar refractivity (Wildman–Crippen MR) is 73.3 cm³/mol. The number of H-pyrrole nitrogens is 1. The Bertz CT molecular complexity index is 748. The monoisotopic (exact) mass is 319 g/mol. The van der Waals surface area contributed by atoms with Crippen molar-refractivity contribution in [2.24, 2.45) is 0 Å². The first-order chi connectivity index (χ1) is 8.69. The van der Waals surface area contributed by atoms with E-state index in [1.165, 1.54) is 11.8 Å². The molecule has 4 nitrogen and oxygen atoms in total. The van der Waals surface area contributed by atoms with Crippen LogP contribution < -0.4 is 10.9 Å². The average Bonchev–Trinajstić information content (AvgIpc) is 2.36. The van der Waals surface area contributed by atoms with Crippen molar-refractivity contribution in [3.8, 4) is 6.07 Å². The van der Waals surface area contributed by atoms with Crippen molar-refractivity contribution in [1.29, 1.82) is 5.26 Å². The van der Waals surface area contributed by atoms with Gasteiger partial charge in [0, 0.05) is 15.6 Å². The van der Waals surface area contributed by atoms with Crippen LogP contribution in [-0.4, -0.2) is 4.98 Å². The number of benzene rings is 1. The summed E-state index contributed by atoms with van der Waals surface area (Å²) in [5.74, 6) is 0. The minimum atomic E-state index is -0.370. The van der Waals surface area contributed by atoms with Gasteiger partial charge < -0.3 is 10.3 Å². The van der Waals surface area contributed by atoms with Crippen LogP contribution in [0.2, 0.25) is 0 Å². The third-order valence-corrected chi connectivity index (χ3v) is 4.19. The third kappa shape index (κ3) is 1.72. The normalized spacial score (nSPS) is 12.0. The number of anilines is 2. The Balaban J connectivity index is 2.20. The van der Waals surface area contributed by atoms with Crippen molar-refractivity contribution in [1.82, 2.24) is 4.98 Å². The molecule has 0 bridgehead atoms. The quantitative estimate of drug-likeness (QED) is 0.667. The van der Waals surface area contributed by atoms with Crippen LogP contribution >= 0.6 is 27.7 Å². The highest BCUT2D eigenvalue weighted by molar-refractivity contribution is 9.10. The maximum Gasteiger partial charge on any atom is 0.268 e.